The van der Waals surface area contributed by atoms with Gasteiger partial charge in [0.1, 0.15) is 18.5 Å². The summed E-state index contributed by atoms with van der Waals surface area (Å²) in [6, 6.07) is 17.1. The number of aryl methyl sites for hydroxylation is 1. The number of aliphatic hydroxyl groups excluding tert-OH is 1. The van der Waals surface area contributed by atoms with Crippen molar-refractivity contribution in [2.45, 2.75) is 39.1 Å². The summed E-state index contributed by atoms with van der Waals surface area (Å²) in [6.45, 7) is 2.84. The molecule has 0 saturated heterocycles. The van der Waals surface area contributed by atoms with E-state index in [4.69, 9.17) is 9.47 Å². The largest absolute Gasteiger partial charge is 0.491 e. The van der Waals surface area contributed by atoms with Gasteiger partial charge in [-0.3, -0.25) is 13.9 Å². The van der Waals surface area contributed by atoms with Gasteiger partial charge in [0.2, 0.25) is 0 Å². The van der Waals surface area contributed by atoms with Crippen molar-refractivity contribution >= 4 is 11.2 Å². The summed E-state index contributed by atoms with van der Waals surface area (Å²) in [5, 5.41) is 10.7. The average Bonchev–Trinajstić information content (AvgIpc) is 3.31. The van der Waals surface area contributed by atoms with E-state index in [0.29, 0.717) is 30.1 Å². The SMILES string of the molecule is CCc1ccc(OCC(O)Cn2c(=O)c3c(ncn3CCOC)n(Cc3ccccc3)c2=O)cc1. The summed E-state index contributed by atoms with van der Waals surface area (Å²) in [7, 11) is 1.58. The van der Waals surface area contributed by atoms with Crippen LogP contribution < -0.4 is 16.0 Å². The van der Waals surface area contributed by atoms with Gasteiger partial charge >= 0.3 is 5.69 Å². The standard InChI is InChI=1S/C26H30N4O5/c1-3-19-9-11-22(12-10-19)35-17-21(31)16-30-25(32)23-24(27-18-28(23)13-14-34-2)29(26(30)33)15-20-7-5-4-6-8-20/h4-12,18,21,31H,3,13-17H2,1-2H3. The Labute approximate surface area is 202 Å². The zero-order valence-corrected chi connectivity index (χ0v) is 20.0. The minimum atomic E-state index is -1.07. The zero-order valence-electron chi connectivity index (χ0n) is 20.0. The molecule has 2 heterocycles. The predicted octanol–water partition coefficient (Wildman–Crippen LogP) is 2.06. The highest BCUT2D eigenvalue weighted by Crippen LogP contribution is 2.13. The lowest BCUT2D eigenvalue weighted by molar-refractivity contribution is 0.0902. The van der Waals surface area contributed by atoms with Crippen LogP contribution in [0.25, 0.3) is 11.2 Å². The Bertz CT molecular complexity index is 1370. The monoisotopic (exact) mass is 478 g/mol. The maximum atomic E-state index is 13.4. The highest BCUT2D eigenvalue weighted by Gasteiger charge is 2.20. The normalized spacial score (nSPS) is 12.2. The first kappa shape index (κ1) is 24.4. The minimum absolute atomic E-state index is 0.0585. The molecular weight excluding hydrogens is 448 g/mol. The first-order valence-electron chi connectivity index (χ1n) is 11.6. The lowest BCUT2D eigenvalue weighted by Gasteiger charge is -2.16. The van der Waals surface area contributed by atoms with Crippen molar-refractivity contribution in [1.29, 1.82) is 0 Å². The molecule has 0 spiro atoms. The van der Waals surface area contributed by atoms with E-state index in [-0.39, 0.29) is 19.7 Å². The number of nitrogens with zero attached hydrogens (tertiary/aromatic N) is 4. The van der Waals surface area contributed by atoms with Crippen molar-refractivity contribution in [2.24, 2.45) is 0 Å². The highest BCUT2D eigenvalue weighted by molar-refractivity contribution is 5.70. The van der Waals surface area contributed by atoms with Gasteiger partial charge in [0.05, 0.1) is 26.0 Å². The van der Waals surface area contributed by atoms with E-state index in [0.717, 1.165) is 16.6 Å². The average molecular weight is 479 g/mol. The van der Waals surface area contributed by atoms with E-state index in [2.05, 4.69) is 11.9 Å². The third-order valence-electron chi connectivity index (χ3n) is 5.87. The van der Waals surface area contributed by atoms with Crippen molar-refractivity contribution in [3.05, 3.63) is 92.9 Å². The number of benzene rings is 2. The van der Waals surface area contributed by atoms with Crippen LogP contribution >= 0.6 is 0 Å². The fourth-order valence-electron chi connectivity index (χ4n) is 3.94. The second-order valence-corrected chi connectivity index (χ2v) is 8.34. The molecule has 0 amide bonds. The third-order valence-corrected chi connectivity index (χ3v) is 5.87. The van der Waals surface area contributed by atoms with Gasteiger partial charge in [-0.25, -0.2) is 9.78 Å². The first-order valence-corrected chi connectivity index (χ1v) is 11.6. The molecule has 35 heavy (non-hydrogen) atoms. The smallest absolute Gasteiger partial charge is 0.333 e. The molecular formula is C26H30N4O5. The Morgan fingerprint density at radius 2 is 1.74 bits per heavy atom. The van der Waals surface area contributed by atoms with Gasteiger partial charge < -0.3 is 19.1 Å². The van der Waals surface area contributed by atoms with Crippen LogP contribution in [0.5, 0.6) is 5.75 Å². The fourth-order valence-corrected chi connectivity index (χ4v) is 3.94. The van der Waals surface area contributed by atoms with Crippen LogP contribution in [0.15, 0.2) is 70.5 Å². The van der Waals surface area contributed by atoms with Gasteiger partial charge in [-0.05, 0) is 29.7 Å². The molecule has 1 N–H and O–H groups in total. The lowest BCUT2D eigenvalue weighted by Crippen LogP contribution is -2.44. The van der Waals surface area contributed by atoms with E-state index in [1.54, 1.807) is 11.7 Å². The maximum Gasteiger partial charge on any atom is 0.333 e. The van der Waals surface area contributed by atoms with E-state index >= 15 is 0 Å². The van der Waals surface area contributed by atoms with Gasteiger partial charge in [0.25, 0.3) is 5.56 Å². The molecule has 184 valence electrons. The molecule has 1 atom stereocenters. The molecule has 1 unspecified atom stereocenters. The summed E-state index contributed by atoms with van der Waals surface area (Å²) in [4.78, 5) is 31.2. The summed E-state index contributed by atoms with van der Waals surface area (Å²) >= 11 is 0. The first-order chi connectivity index (χ1) is 17.0. The topological polar surface area (TPSA) is 101 Å². The molecule has 4 aromatic rings. The molecule has 0 fully saturated rings. The van der Waals surface area contributed by atoms with Gasteiger partial charge in [-0.15, -0.1) is 0 Å². The lowest BCUT2D eigenvalue weighted by atomic mass is 10.2. The van der Waals surface area contributed by atoms with Gasteiger partial charge in [0, 0.05) is 13.7 Å². The molecule has 2 aromatic heterocycles. The molecule has 0 bridgehead atoms. The Kier molecular flexibility index (Phi) is 7.79. The number of fused-ring (bicyclic) bond motifs is 1. The van der Waals surface area contributed by atoms with Gasteiger partial charge in [-0.2, -0.15) is 0 Å². The number of methoxy groups -OCH3 is 1. The second kappa shape index (κ2) is 11.2. The molecule has 9 nitrogen and oxygen atoms in total. The Hall–Kier alpha value is -3.69. The van der Waals surface area contributed by atoms with Crippen LogP contribution in [-0.2, 0) is 30.8 Å². The van der Waals surface area contributed by atoms with Crippen molar-refractivity contribution in [3.8, 4) is 5.75 Å². The van der Waals surface area contributed by atoms with E-state index in [9.17, 15) is 14.7 Å². The summed E-state index contributed by atoms with van der Waals surface area (Å²) in [6.07, 6.45) is 1.39. The summed E-state index contributed by atoms with van der Waals surface area (Å²) < 4.78 is 15.0. The number of ether oxygens (including phenoxy) is 2. The number of rotatable bonds is 11. The van der Waals surface area contributed by atoms with Crippen LogP contribution in [0, 0.1) is 0 Å². The number of aliphatic hydroxyl groups is 1. The van der Waals surface area contributed by atoms with Crippen LogP contribution in [0.2, 0.25) is 0 Å². The number of aromatic nitrogens is 4. The molecule has 0 aliphatic heterocycles. The van der Waals surface area contributed by atoms with E-state index in [1.807, 2.05) is 54.6 Å². The van der Waals surface area contributed by atoms with Crippen molar-refractivity contribution in [1.82, 2.24) is 18.7 Å². The molecule has 2 aromatic carbocycles. The van der Waals surface area contributed by atoms with E-state index < -0.39 is 17.4 Å². The molecule has 0 aliphatic carbocycles. The third kappa shape index (κ3) is 5.52. The van der Waals surface area contributed by atoms with Crippen LogP contribution in [-0.4, -0.2) is 50.2 Å². The molecule has 0 aliphatic rings. The molecule has 9 heteroatoms. The molecule has 0 radical (unpaired) electrons. The van der Waals surface area contributed by atoms with Crippen molar-refractivity contribution in [3.63, 3.8) is 0 Å². The van der Waals surface area contributed by atoms with Crippen LogP contribution in [0.3, 0.4) is 0 Å². The fraction of sp³-hybridized carbons (Fsp3) is 0.346. The van der Waals surface area contributed by atoms with E-state index in [1.165, 1.54) is 16.5 Å². The van der Waals surface area contributed by atoms with Crippen molar-refractivity contribution in [2.75, 3.05) is 20.3 Å². The number of imidazole rings is 1. The van der Waals surface area contributed by atoms with Crippen LogP contribution in [0.1, 0.15) is 18.1 Å². The Morgan fingerprint density at radius 3 is 2.43 bits per heavy atom. The number of hydrogen-bond donors (Lipinski definition) is 1. The minimum Gasteiger partial charge on any atom is -0.491 e. The predicted molar refractivity (Wildman–Crippen MR) is 133 cm³/mol. The second-order valence-electron chi connectivity index (χ2n) is 8.34. The summed E-state index contributed by atoms with van der Waals surface area (Å²) in [5.74, 6) is 0.614. The van der Waals surface area contributed by atoms with Crippen LogP contribution in [0.4, 0.5) is 0 Å². The number of hydrogen-bond acceptors (Lipinski definition) is 6. The van der Waals surface area contributed by atoms with Gasteiger partial charge in [0.15, 0.2) is 11.2 Å². The zero-order chi connectivity index (χ0) is 24.8. The highest BCUT2D eigenvalue weighted by atomic mass is 16.5. The Morgan fingerprint density at radius 1 is 1.00 bits per heavy atom. The summed E-state index contributed by atoms with van der Waals surface area (Å²) in [5.41, 5.74) is 1.64. The molecule has 0 saturated carbocycles. The van der Waals surface area contributed by atoms with Gasteiger partial charge in [-0.1, -0.05) is 49.4 Å². The molecule has 4 rings (SSSR count). The maximum absolute atomic E-state index is 13.4. The Balaban J connectivity index is 1.66. The quantitative estimate of drug-likeness (QED) is 0.354. The van der Waals surface area contributed by atoms with Crippen molar-refractivity contribution < 1.29 is 14.6 Å².